The summed E-state index contributed by atoms with van der Waals surface area (Å²) in [6.45, 7) is 3.27. The number of hydrogen-bond acceptors (Lipinski definition) is 6. The largest absolute Gasteiger partial charge is 0.388 e. The Kier molecular flexibility index (Phi) is 4.95. The van der Waals surface area contributed by atoms with E-state index in [1.54, 1.807) is 0 Å². The molecular formula is C15H22N2O5S. The second-order valence-corrected chi connectivity index (χ2v) is 8.82. The van der Waals surface area contributed by atoms with Gasteiger partial charge in [-0.15, -0.1) is 0 Å². The molecule has 1 aliphatic carbocycles. The van der Waals surface area contributed by atoms with Crippen LogP contribution in [0.4, 0.5) is 11.4 Å². The Balaban J connectivity index is 2.29. The zero-order valence-corrected chi connectivity index (χ0v) is 14.1. The van der Waals surface area contributed by atoms with Crippen LogP contribution in [0, 0.1) is 10.1 Å². The molecule has 0 amide bonds. The predicted octanol–water partition coefficient (Wildman–Crippen LogP) is 2.49. The van der Waals surface area contributed by atoms with E-state index in [1.165, 1.54) is 26.0 Å². The summed E-state index contributed by atoms with van der Waals surface area (Å²) >= 11 is 0. The molecule has 1 fully saturated rings. The molecule has 0 aliphatic heterocycles. The highest BCUT2D eigenvalue weighted by molar-refractivity contribution is 7.92. The summed E-state index contributed by atoms with van der Waals surface area (Å²) in [6, 6.07) is 3.84. The number of sulfone groups is 1. The highest BCUT2D eigenvalue weighted by Gasteiger charge is 2.32. The van der Waals surface area contributed by atoms with Gasteiger partial charge in [0.15, 0.2) is 9.84 Å². The summed E-state index contributed by atoms with van der Waals surface area (Å²) in [4.78, 5) is 10.6. The molecule has 1 aromatic rings. The summed E-state index contributed by atoms with van der Waals surface area (Å²) in [7, 11) is -3.57. The van der Waals surface area contributed by atoms with Crippen molar-refractivity contribution in [2.24, 2.45) is 0 Å². The maximum Gasteiger partial charge on any atom is 0.293 e. The summed E-state index contributed by atoms with van der Waals surface area (Å²) in [5.74, 6) is 0. The smallest absolute Gasteiger partial charge is 0.293 e. The van der Waals surface area contributed by atoms with Gasteiger partial charge in [-0.2, -0.15) is 0 Å². The second-order valence-electron chi connectivity index (χ2n) is 6.31. The summed E-state index contributed by atoms with van der Waals surface area (Å²) in [5, 5.41) is 23.8. The van der Waals surface area contributed by atoms with Crippen LogP contribution in [0.15, 0.2) is 23.1 Å². The number of nitro groups is 1. The summed E-state index contributed by atoms with van der Waals surface area (Å²) < 4.78 is 24.3. The molecule has 128 valence electrons. The van der Waals surface area contributed by atoms with Crippen molar-refractivity contribution in [3.8, 4) is 0 Å². The van der Waals surface area contributed by atoms with Crippen LogP contribution in [-0.2, 0) is 9.84 Å². The fourth-order valence-corrected chi connectivity index (χ4v) is 3.81. The molecule has 0 aromatic heterocycles. The van der Waals surface area contributed by atoms with E-state index in [4.69, 9.17) is 0 Å². The molecule has 0 unspecified atom stereocenters. The minimum atomic E-state index is -3.57. The number of nitrogens with one attached hydrogen (secondary N) is 1. The number of hydrogen-bond donors (Lipinski definition) is 2. The number of nitrogens with zero attached hydrogens (tertiary/aromatic N) is 1. The molecule has 0 radical (unpaired) electrons. The first kappa shape index (κ1) is 17.7. The van der Waals surface area contributed by atoms with Crippen molar-refractivity contribution in [1.29, 1.82) is 0 Å². The third kappa shape index (κ3) is 3.81. The number of nitro benzene ring substituents is 1. The van der Waals surface area contributed by atoms with Gasteiger partial charge in [-0.05, 0) is 38.8 Å². The molecule has 0 atom stereocenters. The van der Waals surface area contributed by atoms with Crippen molar-refractivity contribution in [3.05, 3.63) is 28.3 Å². The van der Waals surface area contributed by atoms with E-state index in [2.05, 4.69) is 5.32 Å². The minimum Gasteiger partial charge on any atom is -0.388 e. The zero-order chi connectivity index (χ0) is 17.3. The molecule has 1 aliphatic rings. The Morgan fingerprint density at radius 3 is 2.48 bits per heavy atom. The fraction of sp³-hybridized carbons (Fsp3) is 0.600. The lowest BCUT2D eigenvalue weighted by Crippen LogP contribution is -2.33. The van der Waals surface area contributed by atoms with Crippen molar-refractivity contribution >= 4 is 21.2 Å². The molecule has 0 heterocycles. The van der Waals surface area contributed by atoms with E-state index in [-0.39, 0.29) is 22.8 Å². The molecule has 0 saturated heterocycles. The van der Waals surface area contributed by atoms with Gasteiger partial charge in [-0.25, -0.2) is 8.42 Å². The van der Waals surface area contributed by atoms with Crippen molar-refractivity contribution in [2.45, 2.75) is 55.3 Å². The maximum atomic E-state index is 12.2. The Labute approximate surface area is 135 Å². The second kappa shape index (κ2) is 6.45. The average molecular weight is 342 g/mol. The first-order chi connectivity index (χ1) is 10.7. The van der Waals surface area contributed by atoms with Crippen LogP contribution in [-0.4, -0.2) is 35.8 Å². The molecule has 1 saturated carbocycles. The van der Waals surface area contributed by atoms with E-state index >= 15 is 0 Å². The van der Waals surface area contributed by atoms with Gasteiger partial charge in [0.25, 0.3) is 5.69 Å². The van der Waals surface area contributed by atoms with Crippen molar-refractivity contribution in [3.63, 3.8) is 0 Å². The van der Waals surface area contributed by atoms with E-state index in [0.717, 1.165) is 18.9 Å². The van der Waals surface area contributed by atoms with Crippen molar-refractivity contribution in [2.75, 3.05) is 11.9 Å². The normalized spacial score (nSPS) is 17.4. The van der Waals surface area contributed by atoms with Gasteiger partial charge >= 0.3 is 0 Å². The third-order valence-electron chi connectivity index (χ3n) is 4.26. The van der Waals surface area contributed by atoms with Crippen LogP contribution in [0.5, 0.6) is 0 Å². The van der Waals surface area contributed by atoms with Gasteiger partial charge in [-0.3, -0.25) is 10.1 Å². The first-order valence-corrected chi connectivity index (χ1v) is 9.19. The monoisotopic (exact) mass is 342 g/mol. The van der Waals surface area contributed by atoms with Crippen LogP contribution in [0.3, 0.4) is 0 Å². The Morgan fingerprint density at radius 1 is 1.35 bits per heavy atom. The van der Waals surface area contributed by atoms with E-state index in [9.17, 15) is 23.6 Å². The van der Waals surface area contributed by atoms with Crippen LogP contribution in [0.25, 0.3) is 0 Å². The van der Waals surface area contributed by atoms with E-state index in [1.807, 2.05) is 0 Å². The standard InChI is InChI=1S/C15H22N2O5S/c1-11(2)23(21,22)12-5-6-13(14(9-12)17(19)20)16-10-15(18)7-3-4-8-15/h5-6,9,11,16,18H,3-4,7-8,10H2,1-2H3. The minimum absolute atomic E-state index is 0.0654. The fourth-order valence-electron chi connectivity index (χ4n) is 2.73. The lowest BCUT2D eigenvalue weighted by atomic mass is 10.0. The third-order valence-corrected chi connectivity index (χ3v) is 6.41. The van der Waals surface area contributed by atoms with E-state index in [0.29, 0.717) is 12.8 Å². The molecule has 0 spiro atoms. The average Bonchev–Trinajstić information content (AvgIpc) is 2.92. The first-order valence-electron chi connectivity index (χ1n) is 7.64. The predicted molar refractivity (Wildman–Crippen MR) is 87.3 cm³/mol. The Hall–Kier alpha value is -1.67. The van der Waals surface area contributed by atoms with Gasteiger partial charge in [0.1, 0.15) is 5.69 Å². The van der Waals surface area contributed by atoms with Gasteiger partial charge in [0, 0.05) is 12.6 Å². The van der Waals surface area contributed by atoms with Crippen LogP contribution >= 0.6 is 0 Å². The Morgan fingerprint density at radius 2 is 1.96 bits per heavy atom. The zero-order valence-electron chi connectivity index (χ0n) is 13.3. The number of anilines is 1. The van der Waals surface area contributed by atoms with Crippen LogP contribution < -0.4 is 5.32 Å². The number of benzene rings is 1. The molecule has 2 N–H and O–H groups in total. The molecule has 23 heavy (non-hydrogen) atoms. The highest BCUT2D eigenvalue weighted by Crippen LogP contribution is 2.33. The molecule has 2 rings (SSSR count). The number of aliphatic hydroxyl groups is 1. The van der Waals surface area contributed by atoms with Crippen LogP contribution in [0.2, 0.25) is 0 Å². The molecule has 0 bridgehead atoms. The molecule has 1 aromatic carbocycles. The van der Waals surface area contributed by atoms with Gasteiger partial charge in [0.05, 0.1) is 20.7 Å². The topological polar surface area (TPSA) is 110 Å². The van der Waals surface area contributed by atoms with E-state index < -0.39 is 25.6 Å². The summed E-state index contributed by atoms with van der Waals surface area (Å²) in [6.07, 6.45) is 3.19. The highest BCUT2D eigenvalue weighted by atomic mass is 32.2. The molecular weight excluding hydrogens is 320 g/mol. The maximum absolute atomic E-state index is 12.2. The van der Waals surface area contributed by atoms with Gasteiger partial charge in [0.2, 0.25) is 0 Å². The lowest BCUT2D eigenvalue weighted by Gasteiger charge is -2.23. The molecule has 8 heteroatoms. The lowest BCUT2D eigenvalue weighted by molar-refractivity contribution is -0.384. The molecule has 7 nitrogen and oxygen atoms in total. The van der Waals surface area contributed by atoms with Crippen molar-refractivity contribution < 1.29 is 18.4 Å². The SMILES string of the molecule is CC(C)S(=O)(=O)c1ccc(NCC2(O)CCCC2)c([N+](=O)[O-])c1. The van der Waals surface area contributed by atoms with Gasteiger partial charge in [-0.1, -0.05) is 12.8 Å². The summed E-state index contributed by atoms with van der Waals surface area (Å²) in [5.41, 5.74) is -0.928. The Bertz CT molecular complexity index is 694. The van der Waals surface area contributed by atoms with Gasteiger partial charge < -0.3 is 10.4 Å². The van der Waals surface area contributed by atoms with Crippen molar-refractivity contribution in [1.82, 2.24) is 0 Å². The quantitative estimate of drug-likeness (QED) is 0.607. The number of rotatable bonds is 6. The van der Waals surface area contributed by atoms with Crippen LogP contribution in [0.1, 0.15) is 39.5 Å².